The van der Waals surface area contributed by atoms with Gasteiger partial charge in [-0.2, -0.15) is 5.26 Å². The molecule has 0 radical (unpaired) electrons. The van der Waals surface area contributed by atoms with Crippen LogP contribution < -0.4 is 5.32 Å². The summed E-state index contributed by atoms with van der Waals surface area (Å²) in [6.07, 6.45) is -0.140. The van der Waals surface area contributed by atoms with Crippen LogP contribution >= 0.6 is 0 Å². The maximum atomic E-state index is 12.8. The van der Waals surface area contributed by atoms with Crippen LogP contribution in [-0.4, -0.2) is 17.5 Å². The van der Waals surface area contributed by atoms with Crippen LogP contribution in [0.15, 0.2) is 24.3 Å². The van der Waals surface area contributed by atoms with Crippen molar-refractivity contribution in [2.24, 2.45) is 0 Å². The Morgan fingerprint density at radius 2 is 1.86 bits per heavy atom. The molecule has 1 N–H and O–H groups in total. The summed E-state index contributed by atoms with van der Waals surface area (Å²) in [6.45, 7) is 5.22. The van der Waals surface area contributed by atoms with E-state index in [1.165, 1.54) is 24.3 Å². The fraction of sp³-hybridized carbons (Fsp3) is 0.438. The van der Waals surface area contributed by atoms with E-state index in [1.807, 2.05) is 6.07 Å². The number of nitrogens with zero attached hydrogens (tertiary/aromatic N) is 1. The average Bonchev–Trinajstić information content (AvgIpc) is 2.42. The number of nitrogens with one attached hydrogen (secondary N) is 1. The van der Waals surface area contributed by atoms with Crippen LogP contribution in [-0.2, 0) is 14.3 Å². The van der Waals surface area contributed by atoms with Gasteiger partial charge in [0.05, 0.1) is 12.5 Å². The Hall–Kier alpha value is -2.42. The van der Waals surface area contributed by atoms with E-state index in [-0.39, 0.29) is 12.8 Å². The number of carbonyl (C=O) groups is 2. The highest BCUT2D eigenvalue weighted by molar-refractivity contribution is 5.81. The molecule has 0 aromatic heterocycles. The van der Waals surface area contributed by atoms with E-state index in [0.717, 1.165) is 0 Å². The molecular formula is C16H19FN2O3. The monoisotopic (exact) mass is 306 g/mol. The molecule has 22 heavy (non-hydrogen) atoms. The summed E-state index contributed by atoms with van der Waals surface area (Å²) in [5, 5.41) is 11.6. The normalized spacial score (nSPS) is 12.1. The molecule has 0 heterocycles. The number of amides is 1. The van der Waals surface area contributed by atoms with Gasteiger partial charge >= 0.3 is 5.97 Å². The number of nitriles is 1. The fourth-order valence-corrected chi connectivity index (χ4v) is 1.69. The maximum absolute atomic E-state index is 12.8. The van der Waals surface area contributed by atoms with Gasteiger partial charge in [-0.1, -0.05) is 12.1 Å². The summed E-state index contributed by atoms with van der Waals surface area (Å²) in [7, 11) is 0. The fourth-order valence-electron chi connectivity index (χ4n) is 1.69. The maximum Gasteiger partial charge on any atom is 0.306 e. The lowest BCUT2D eigenvalue weighted by Gasteiger charge is -2.19. The summed E-state index contributed by atoms with van der Waals surface area (Å²) < 4.78 is 17.9. The third kappa shape index (κ3) is 6.35. The van der Waals surface area contributed by atoms with E-state index in [0.29, 0.717) is 5.56 Å². The molecule has 0 aliphatic heterocycles. The zero-order valence-corrected chi connectivity index (χ0v) is 12.9. The number of hydrogen-bond donors (Lipinski definition) is 1. The van der Waals surface area contributed by atoms with E-state index in [9.17, 15) is 14.0 Å². The van der Waals surface area contributed by atoms with Crippen molar-refractivity contribution in [1.82, 2.24) is 5.32 Å². The Morgan fingerprint density at radius 3 is 2.36 bits per heavy atom. The molecule has 0 aliphatic rings. The van der Waals surface area contributed by atoms with Crippen molar-refractivity contribution in [1.29, 1.82) is 5.26 Å². The van der Waals surface area contributed by atoms with Gasteiger partial charge in [0.15, 0.2) is 0 Å². The summed E-state index contributed by atoms with van der Waals surface area (Å²) in [5.74, 6) is -1.34. The number of ether oxygens (including phenoxy) is 1. The van der Waals surface area contributed by atoms with Gasteiger partial charge in [0.1, 0.15) is 17.5 Å². The highest BCUT2D eigenvalue weighted by Crippen LogP contribution is 2.14. The third-order valence-electron chi connectivity index (χ3n) is 2.61. The van der Waals surface area contributed by atoms with Gasteiger partial charge in [0.25, 0.3) is 0 Å². The van der Waals surface area contributed by atoms with Gasteiger partial charge in [-0.3, -0.25) is 9.59 Å². The summed E-state index contributed by atoms with van der Waals surface area (Å²) in [6, 6.07) is 6.33. The first-order chi connectivity index (χ1) is 10.2. The zero-order chi connectivity index (χ0) is 16.8. The molecule has 0 aliphatic carbocycles. The van der Waals surface area contributed by atoms with Crippen LogP contribution in [0.4, 0.5) is 4.39 Å². The number of benzene rings is 1. The predicted octanol–water partition coefficient (Wildman–Crippen LogP) is 2.63. The predicted molar refractivity (Wildman–Crippen MR) is 78.0 cm³/mol. The largest absolute Gasteiger partial charge is 0.460 e. The minimum atomic E-state index is -0.883. The topological polar surface area (TPSA) is 79.2 Å². The van der Waals surface area contributed by atoms with Crippen LogP contribution in [0.1, 0.15) is 45.2 Å². The Kier molecular flexibility index (Phi) is 6.05. The van der Waals surface area contributed by atoms with E-state index < -0.39 is 29.3 Å². The number of carbonyl (C=O) groups excluding carboxylic acids is 2. The van der Waals surface area contributed by atoms with E-state index in [2.05, 4.69) is 5.32 Å². The van der Waals surface area contributed by atoms with Gasteiger partial charge in [-0.25, -0.2) is 4.39 Å². The van der Waals surface area contributed by atoms with Crippen molar-refractivity contribution in [3.05, 3.63) is 35.6 Å². The number of rotatable bonds is 5. The SMILES string of the molecule is CC(C)(C)OC(=O)CCC(=O)N[C@H](C#N)c1ccc(F)cc1. The first-order valence-electron chi connectivity index (χ1n) is 6.87. The molecule has 1 amide bonds. The van der Waals surface area contributed by atoms with E-state index in [4.69, 9.17) is 10.00 Å². The second-order valence-electron chi connectivity index (χ2n) is 5.77. The summed E-state index contributed by atoms with van der Waals surface area (Å²) in [5.41, 5.74) is -0.119. The first kappa shape index (κ1) is 17.6. The third-order valence-corrected chi connectivity index (χ3v) is 2.61. The molecule has 1 rings (SSSR count). The van der Waals surface area contributed by atoms with E-state index in [1.54, 1.807) is 20.8 Å². The molecule has 0 unspecified atom stereocenters. The molecule has 0 bridgehead atoms. The Bertz CT molecular complexity index is 571. The minimum absolute atomic E-state index is 0.0648. The Balaban J connectivity index is 2.51. The molecule has 0 saturated carbocycles. The highest BCUT2D eigenvalue weighted by Gasteiger charge is 2.18. The second-order valence-corrected chi connectivity index (χ2v) is 5.77. The van der Waals surface area contributed by atoms with Crippen LogP contribution in [0.5, 0.6) is 0 Å². The summed E-state index contributed by atoms with van der Waals surface area (Å²) in [4.78, 5) is 23.3. The molecule has 0 fully saturated rings. The van der Waals surface area contributed by atoms with Gasteiger partial charge in [0.2, 0.25) is 5.91 Å². The molecular weight excluding hydrogens is 287 g/mol. The standard InChI is InChI=1S/C16H19FN2O3/c1-16(2,3)22-15(21)9-8-14(20)19-13(10-18)11-4-6-12(17)7-5-11/h4-7,13H,8-9H2,1-3H3,(H,19,20)/t13-/m1/s1. The molecule has 6 heteroatoms. The first-order valence-corrected chi connectivity index (χ1v) is 6.87. The molecule has 1 atom stereocenters. The van der Waals surface area contributed by atoms with Crippen molar-refractivity contribution in [2.75, 3.05) is 0 Å². The lowest BCUT2D eigenvalue weighted by molar-refractivity contribution is -0.155. The number of hydrogen-bond acceptors (Lipinski definition) is 4. The average molecular weight is 306 g/mol. The Morgan fingerprint density at radius 1 is 1.27 bits per heavy atom. The molecule has 0 spiro atoms. The van der Waals surface area contributed by atoms with Crippen molar-refractivity contribution >= 4 is 11.9 Å². The van der Waals surface area contributed by atoms with Crippen molar-refractivity contribution in [3.8, 4) is 6.07 Å². The minimum Gasteiger partial charge on any atom is -0.460 e. The van der Waals surface area contributed by atoms with E-state index >= 15 is 0 Å². The summed E-state index contributed by atoms with van der Waals surface area (Å²) >= 11 is 0. The van der Waals surface area contributed by atoms with Crippen LogP contribution in [0.25, 0.3) is 0 Å². The molecule has 1 aromatic rings. The lowest BCUT2D eigenvalue weighted by atomic mass is 10.1. The second kappa shape index (κ2) is 7.55. The van der Waals surface area contributed by atoms with Crippen molar-refractivity contribution in [2.45, 2.75) is 45.3 Å². The number of esters is 1. The van der Waals surface area contributed by atoms with Crippen LogP contribution in [0.3, 0.4) is 0 Å². The van der Waals surface area contributed by atoms with Crippen molar-refractivity contribution < 1.29 is 18.7 Å². The zero-order valence-electron chi connectivity index (χ0n) is 12.9. The Labute approximate surface area is 129 Å². The smallest absolute Gasteiger partial charge is 0.306 e. The van der Waals surface area contributed by atoms with Gasteiger partial charge < -0.3 is 10.1 Å². The molecule has 118 valence electrons. The van der Waals surface area contributed by atoms with Crippen molar-refractivity contribution in [3.63, 3.8) is 0 Å². The molecule has 1 aromatic carbocycles. The van der Waals surface area contributed by atoms with Gasteiger partial charge in [-0.15, -0.1) is 0 Å². The van der Waals surface area contributed by atoms with Gasteiger partial charge in [0, 0.05) is 6.42 Å². The highest BCUT2D eigenvalue weighted by atomic mass is 19.1. The van der Waals surface area contributed by atoms with Crippen LogP contribution in [0.2, 0.25) is 0 Å². The quantitative estimate of drug-likeness (QED) is 0.848. The lowest BCUT2D eigenvalue weighted by Crippen LogP contribution is -2.29. The molecule has 5 nitrogen and oxygen atoms in total. The number of halogens is 1. The van der Waals surface area contributed by atoms with Crippen LogP contribution in [0, 0.1) is 17.1 Å². The molecule has 0 saturated heterocycles. The van der Waals surface area contributed by atoms with Gasteiger partial charge in [-0.05, 0) is 38.5 Å².